The van der Waals surface area contributed by atoms with Crippen LogP contribution in [0.1, 0.15) is 18.9 Å². The summed E-state index contributed by atoms with van der Waals surface area (Å²) in [6.45, 7) is 5.87. The lowest BCUT2D eigenvalue weighted by Crippen LogP contribution is -2.33. The summed E-state index contributed by atoms with van der Waals surface area (Å²) in [4.78, 5) is 13.7. The van der Waals surface area contributed by atoms with Gasteiger partial charge in [-0.25, -0.2) is 0 Å². The summed E-state index contributed by atoms with van der Waals surface area (Å²) in [7, 11) is 0. The smallest absolute Gasteiger partial charge is 0.265 e. The molecule has 3 rings (SSSR count). The standard InChI is InChI=1S/C15H17N2OS2/c1-3-16-11-7-5-6-8-12(11)20-15(16)9-14-17(4-2)13(18)10-19-14/h5-9H,3-4,10H2,1-2H3/q+1. The second-order valence-corrected chi connectivity index (χ2v) is 6.62. The Kier molecular flexibility index (Phi) is 3.81. The molecule has 1 aromatic heterocycles. The molecular weight excluding hydrogens is 288 g/mol. The predicted molar refractivity (Wildman–Crippen MR) is 85.5 cm³/mol. The molecule has 3 nitrogen and oxygen atoms in total. The summed E-state index contributed by atoms with van der Waals surface area (Å²) in [6, 6.07) is 8.45. The molecule has 1 fully saturated rings. The van der Waals surface area contributed by atoms with Gasteiger partial charge in [0.15, 0.2) is 0 Å². The van der Waals surface area contributed by atoms with Crippen molar-refractivity contribution < 1.29 is 9.36 Å². The van der Waals surface area contributed by atoms with Crippen molar-refractivity contribution in [1.29, 1.82) is 0 Å². The van der Waals surface area contributed by atoms with Gasteiger partial charge in [0.05, 0.1) is 16.9 Å². The Morgan fingerprint density at radius 1 is 1.35 bits per heavy atom. The first-order valence-corrected chi connectivity index (χ1v) is 8.61. The fourth-order valence-corrected chi connectivity index (χ4v) is 4.70. The van der Waals surface area contributed by atoms with Gasteiger partial charge in [-0.1, -0.05) is 35.2 Å². The van der Waals surface area contributed by atoms with Crippen LogP contribution in [0.4, 0.5) is 0 Å². The molecule has 0 atom stereocenters. The van der Waals surface area contributed by atoms with E-state index < -0.39 is 0 Å². The SMILES string of the molecule is CCN1C(=O)CS/C1=C/c1sc2ccccc2[n+]1CC. The van der Waals surface area contributed by atoms with Crippen LogP contribution in [0.15, 0.2) is 29.3 Å². The Labute approximate surface area is 126 Å². The molecule has 0 bridgehead atoms. The topological polar surface area (TPSA) is 24.2 Å². The first kappa shape index (κ1) is 13.6. The van der Waals surface area contributed by atoms with E-state index in [1.807, 2.05) is 11.8 Å². The summed E-state index contributed by atoms with van der Waals surface area (Å²) in [5.74, 6) is 0.782. The van der Waals surface area contributed by atoms with E-state index in [1.165, 1.54) is 15.2 Å². The van der Waals surface area contributed by atoms with Crippen LogP contribution >= 0.6 is 23.1 Å². The largest absolute Gasteiger partial charge is 0.306 e. The molecule has 0 unspecified atom stereocenters. The van der Waals surface area contributed by atoms with Crippen molar-refractivity contribution >= 4 is 45.3 Å². The molecule has 1 aliphatic heterocycles. The van der Waals surface area contributed by atoms with E-state index in [1.54, 1.807) is 23.1 Å². The van der Waals surface area contributed by atoms with Crippen molar-refractivity contribution in [3.63, 3.8) is 0 Å². The number of nitrogens with zero attached hydrogens (tertiary/aromatic N) is 2. The van der Waals surface area contributed by atoms with Gasteiger partial charge in [-0.15, -0.1) is 0 Å². The fourth-order valence-electron chi connectivity index (χ4n) is 2.46. The van der Waals surface area contributed by atoms with Gasteiger partial charge < -0.3 is 4.90 Å². The molecule has 0 aliphatic carbocycles. The number of thioether (sulfide) groups is 1. The van der Waals surface area contributed by atoms with Gasteiger partial charge in [0.25, 0.3) is 5.01 Å². The number of benzene rings is 1. The number of amides is 1. The molecule has 5 heteroatoms. The van der Waals surface area contributed by atoms with E-state index >= 15 is 0 Å². The van der Waals surface area contributed by atoms with Gasteiger partial charge in [-0.3, -0.25) is 4.79 Å². The van der Waals surface area contributed by atoms with Crippen LogP contribution in [0.25, 0.3) is 16.3 Å². The van der Waals surface area contributed by atoms with Gasteiger partial charge in [-0.05, 0) is 19.9 Å². The van der Waals surface area contributed by atoms with Crippen LogP contribution in [0, 0.1) is 0 Å². The molecule has 1 saturated heterocycles. The molecule has 0 radical (unpaired) electrons. The predicted octanol–water partition coefficient (Wildman–Crippen LogP) is 3.10. The molecule has 1 aliphatic rings. The van der Waals surface area contributed by atoms with E-state index in [0.717, 1.165) is 18.1 Å². The van der Waals surface area contributed by atoms with Crippen LogP contribution < -0.4 is 4.57 Å². The maximum absolute atomic E-state index is 11.8. The molecule has 1 amide bonds. The summed E-state index contributed by atoms with van der Waals surface area (Å²) in [6.07, 6.45) is 2.16. The lowest BCUT2D eigenvalue weighted by Gasteiger charge is -2.12. The highest BCUT2D eigenvalue weighted by atomic mass is 32.2. The van der Waals surface area contributed by atoms with E-state index in [2.05, 4.69) is 41.8 Å². The average Bonchev–Trinajstić information content (AvgIpc) is 2.99. The van der Waals surface area contributed by atoms with Crippen LogP contribution in [-0.2, 0) is 11.3 Å². The molecular formula is C15H17N2OS2+. The second-order valence-electron chi connectivity index (χ2n) is 4.56. The number of rotatable bonds is 3. The van der Waals surface area contributed by atoms with Crippen molar-refractivity contribution in [1.82, 2.24) is 4.90 Å². The normalized spacial score (nSPS) is 17.6. The number of thiazole rings is 1. The monoisotopic (exact) mass is 305 g/mol. The first-order chi connectivity index (χ1) is 9.74. The third kappa shape index (κ3) is 2.25. The summed E-state index contributed by atoms with van der Waals surface area (Å²) in [5, 5.41) is 2.29. The van der Waals surface area contributed by atoms with Crippen molar-refractivity contribution in [2.45, 2.75) is 20.4 Å². The number of aryl methyl sites for hydroxylation is 1. The number of hydrogen-bond acceptors (Lipinski definition) is 3. The summed E-state index contributed by atoms with van der Waals surface area (Å²) >= 11 is 3.42. The minimum atomic E-state index is 0.216. The van der Waals surface area contributed by atoms with Crippen LogP contribution in [0.2, 0.25) is 0 Å². The zero-order chi connectivity index (χ0) is 14.1. The Balaban J connectivity index is 2.08. The Hall–Kier alpha value is -1.33. The highest BCUT2D eigenvalue weighted by Crippen LogP contribution is 2.31. The summed E-state index contributed by atoms with van der Waals surface area (Å²) < 4.78 is 3.60. The highest BCUT2D eigenvalue weighted by Gasteiger charge is 2.27. The Bertz CT molecular complexity index is 690. The molecule has 0 spiro atoms. The van der Waals surface area contributed by atoms with Crippen LogP contribution in [-0.4, -0.2) is 23.1 Å². The minimum absolute atomic E-state index is 0.216. The molecule has 2 heterocycles. The zero-order valence-electron chi connectivity index (χ0n) is 11.6. The second kappa shape index (κ2) is 5.58. The van der Waals surface area contributed by atoms with E-state index in [4.69, 9.17) is 0 Å². The van der Waals surface area contributed by atoms with E-state index in [0.29, 0.717) is 5.75 Å². The van der Waals surface area contributed by atoms with Crippen LogP contribution in [0.3, 0.4) is 0 Å². The number of para-hydroxylation sites is 1. The molecule has 0 saturated carbocycles. The van der Waals surface area contributed by atoms with E-state index in [9.17, 15) is 4.79 Å². The van der Waals surface area contributed by atoms with Crippen molar-refractivity contribution in [3.05, 3.63) is 34.3 Å². The third-order valence-electron chi connectivity index (χ3n) is 3.43. The molecule has 0 N–H and O–H groups in total. The van der Waals surface area contributed by atoms with Crippen molar-refractivity contribution in [2.75, 3.05) is 12.3 Å². The number of carbonyl (C=O) groups excluding carboxylic acids is 1. The van der Waals surface area contributed by atoms with Crippen LogP contribution in [0.5, 0.6) is 0 Å². The van der Waals surface area contributed by atoms with Gasteiger partial charge in [0.2, 0.25) is 11.4 Å². The van der Waals surface area contributed by atoms with Crippen molar-refractivity contribution in [3.8, 4) is 0 Å². The van der Waals surface area contributed by atoms with Gasteiger partial charge >= 0.3 is 0 Å². The Morgan fingerprint density at radius 2 is 2.15 bits per heavy atom. The molecule has 20 heavy (non-hydrogen) atoms. The number of carbonyl (C=O) groups is 1. The van der Waals surface area contributed by atoms with E-state index in [-0.39, 0.29) is 5.91 Å². The lowest BCUT2D eigenvalue weighted by molar-refractivity contribution is -0.665. The summed E-state index contributed by atoms with van der Waals surface area (Å²) in [5.41, 5.74) is 1.27. The number of fused-ring (bicyclic) bond motifs is 1. The molecule has 2 aromatic rings. The average molecular weight is 305 g/mol. The fraction of sp³-hybridized carbons (Fsp3) is 0.333. The number of hydrogen-bond donors (Lipinski definition) is 0. The third-order valence-corrected chi connectivity index (χ3v) is 5.56. The maximum Gasteiger partial charge on any atom is 0.265 e. The number of aromatic nitrogens is 1. The molecule has 104 valence electrons. The lowest BCUT2D eigenvalue weighted by atomic mass is 10.3. The highest BCUT2D eigenvalue weighted by molar-refractivity contribution is 8.04. The van der Waals surface area contributed by atoms with Gasteiger partial charge in [0.1, 0.15) is 11.2 Å². The molecule has 1 aromatic carbocycles. The van der Waals surface area contributed by atoms with Crippen molar-refractivity contribution in [2.24, 2.45) is 0 Å². The minimum Gasteiger partial charge on any atom is -0.306 e. The maximum atomic E-state index is 11.8. The quantitative estimate of drug-likeness (QED) is 0.814. The first-order valence-electron chi connectivity index (χ1n) is 6.80. The van der Waals surface area contributed by atoms with Gasteiger partial charge in [-0.2, -0.15) is 4.57 Å². The van der Waals surface area contributed by atoms with Gasteiger partial charge in [0, 0.05) is 12.6 Å². The zero-order valence-corrected chi connectivity index (χ0v) is 13.3. The Morgan fingerprint density at radius 3 is 2.90 bits per heavy atom.